The molecule has 5 heteroatoms. The molecule has 0 fully saturated rings. The van der Waals surface area contributed by atoms with Crippen LogP contribution in [0, 0.1) is 0 Å². The third kappa shape index (κ3) is 5.98. The molecular formula is C54H38N4O. The molecule has 0 amide bonds. The van der Waals surface area contributed by atoms with Gasteiger partial charge in [0.1, 0.15) is 11.2 Å². The van der Waals surface area contributed by atoms with Gasteiger partial charge in [0.15, 0.2) is 17.5 Å². The van der Waals surface area contributed by atoms with Crippen molar-refractivity contribution in [3.8, 4) is 56.4 Å². The van der Waals surface area contributed by atoms with Crippen LogP contribution >= 0.6 is 0 Å². The predicted octanol–water partition coefficient (Wildman–Crippen LogP) is 14.2. The Morgan fingerprint density at radius 3 is 1.58 bits per heavy atom. The van der Waals surface area contributed by atoms with Crippen LogP contribution in [0.4, 0.5) is 17.1 Å². The lowest BCUT2D eigenvalue weighted by Gasteiger charge is -2.42. The molecule has 1 aliphatic rings. The maximum absolute atomic E-state index is 6.25. The van der Waals surface area contributed by atoms with Gasteiger partial charge >= 0.3 is 0 Å². The first-order valence-electron chi connectivity index (χ1n) is 20.0. The molecule has 2 aromatic heterocycles. The van der Waals surface area contributed by atoms with Gasteiger partial charge in [-0.1, -0.05) is 141 Å². The average molecular weight is 759 g/mol. The van der Waals surface area contributed by atoms with E-state index < -0.39 is 0 Å². The number of hydrogen-bond donors (Lipinski definition) is 0. The first-order valence-corrected chi connectivity index (χ1v) is 20.0. The molecule has 11 rings (SSSR count). The van der Waals surface area contributed by atoms with Crippen LogP contribution in [0.5, 0.6) is 0 Å². The highest BCUT2D eigenvalue weighted by atomic mass is 16.3. The van der Waals surface area contributed by atoms with E-state index in [1.807, 2.05) is 72.8 Å². The van der Waals surface area contributed by atoms with Crippen LogP contribution in [0.15, 0.2) is 199 Å². The van der Waals surface area contributed by atoms with Crippen LogP contribution in [-0.2, 0) is 5.41 Å². The molecule has 0 saturated carbocycles. The molecule has 0 bridgehead atoms. The first-order chi connectivity index (χ1) is 29.0. The van der Waals surface area contributed by atoms with Crippen LogP contribution < -0.4 is 4.90 Å². The molecule has 1 aliphatic heterocycles. The second-order valence-corrected chi connectivity index (χ2v) is 15.7. The number of furan rings is 1. The second kappa shape index (κ2) is 13.8. The lowest BCUT2D eigenvalue weighted by molar-refractivity contribution is 0.632. The van der Waals surface area contributed by atoms with E-state index in [2.05, 4.69) is 140 Å². The second-order valence-electron chi connectivity index (χ2n) is 15.7. The molecule has 280 valence electrons. The van der Waals surface area contributed by atoms with Gasteiger partial charge in [-0.3, -0.25) is 0 Å². The van der Waals surface area contributed by atoms with E-state index in [1.165, 1.54) is 22.5 Å². The van der Waals surface area contributed by atoms with Crippen molar-refractivity contribution in [1.82, 2.24) is 15.0 Å². The molecule has 0 atom stereocenters. The highest BCUT2D eigenvalue weighted by Crippen LogP contribution is 2.52. The van der Waals surface area contributed by atoms with Crippen molar-refractivity contribution >= 4 is 39.0 Å². The smallest absolute Gasteiger partial charge is 0.164 e. The van der Waals surface area contributed by atoms with Crippen molar-refractivity contribution in [1.29, 1.82) is 0 Å². The van der Waals surface area contributed by atoms with E-state index in [0.29, 0.717) is 17.5 Å². The Balaban J connectivity index is 1.14. The molecule has 10 aromatic rings. The van der Waals surface area contributed by atoms with Gasteiger partial charge in [0.25, 0.3) is 0 Å². The summed E-state index contributed by atoms with van der Waals surface area (Å²) in [6, 6.07) is 68.1. The molecule has 0 N–H and O–H groups in total. The largest absolute Gasteiger partial charge is 0.456 e. The quantitative estimate of drug-likeness (QED) is 0.169. The fourth-order valence-corrected chi connectivity index (χ4v) is 8.67. The number of fused-ring (bicyclic) bond motifs is 5. The van der Waals surface area contributed by atoms with Crippen LogP contribution in [0.3, 0.4) is 0 Å². The zero-order chi connectivity index (χ0) is 39.5. The Morgan fingerprint density at radius 2 is 0.881 bits per heavy atom. The minimum atomic E-state index is -0.260. The van der Waals surface area contributed by atoms with Crippen molar-refractivity contribution in [3.63, 3.8) is 0 Å². The summed E-state index contributed by atoms with van der Waals surface area (Å²) in [5.41, 5.74) is 14.6. The summed E-state index contributed by atoms with van der Waals surface area (Å²) in [7, 11) is 0. The van der Waals surface area contributed by atoms with Crippen LogP contribution in [-0.4, -0.2) is 15.0 Å². The molecule has 8 aromatic carbocycles. The number of anilines is 3. The molecular weight excluding hydrogens is 721 g/mol. The molecule has 5 nitrogen and oxygen atoms in total. The minimum absolute atomic E-state index is 0.260. The van der Waals surface area contributed by atoms with E-state index in [4.69, 9.17) is 19.4 Å². The van der Waals surface area contributed by atoms with E-state index in [-0.39, 0.29) is 5.41 Å². The molecule has 0 unspecified atom stereocenters. The van der Waals surface area contributed by atoms with Gasteiger partial charge in [0.05, 0.1) is 11.4 Å². The van der Waals surface area contributed by atoms with Gasteiger partial charge in [-0.05, 0) is 100 Å². The van der Waals surface area contributed by atoms with Crippen molar-refractivity contribution in [2.75, 3.05) is 4.90 Å². The van der Waals surface area contributed by atoms with Crippen molar-refractivity contribution in [2.24, 2.45) is 0 Å². The summed E-state index contributed by atoms with van der Waals surface area (Å²) in [5, 5.41) is 2.18. The standard InChI is InChI=1S/C54H38N4O/c1-54(2)45-23-13-14-24-47(45)58(42-20-10-5-11-21-42)48-28-26-38(34-46(48)54)40-30-39(37-27-29-50-44(33-37)43-22-12-15-25-49(43)59-50)31-41(32-40)53-56-51(35-16-6-3-7-17-35)55-52(57-53)36-18-8-4-9-19-36/h3-34H,1-2H3. The monoisotopic (exact) mass is 758 g/mol. The molecule has 0 spiro atoms. The minimum Gasteiger partial charge on any atom is -0.456 e. The van der Waals surface area contributed by atoms with Crippen LogP contribution in [0.1, 0.15) is 25.0 Å². The third-order valence-electron chi connectivity index (χ3n) is 11.7. The third-order valence-corrected chi connectivity index (χ3v) is 11.7. The van der Waals surface area contributed by atoms with Crippen molar-refractivity contribution in [3.05, 3.63) is 205 Å². The Bertz CT molecular complexity index is 3130. The van der Waals surface area contributed by atoms with Gasteiger partial charge in [-0.25, -0.2) is 15.0 Å². The van der Waals surface area contributed by atoms with Crippen LogP contribution in [0.25, 0.3) is 78.4 Å². The summed E-state index contributed by atoms with van der Waals surface area (Å²) < 4.78 is 6.25. The molecule has 0 saturated heterocycles. The fraction of sp³-hybridized carbons (Fsp3) is 0.0556. The highest BCUT2D eigenvalue weighted by Gasteiger charge is 2.37. The number of hydrogen-bond acceptors (Lipinski definition) is 5. The summed E-state index contributed by atoms with van der Waals surface area (Å²) in [5.74, 6) is 1.86. The summed E-state index contributed by atoms with van der Waals surface area (Å²) in [6.07, 6.45) is 0. The Labute approximate surface area is 342 Å². The lowest BCUT2D eigenvalue weighted by atomic mass is 9.73. The van der Waals surface area contributed by atoms with Crippen molar-refractivity contribution < 1.29 is 4.42 Å². The summed E-state index contributed by atoms with van der Waals surface area (Å²) in [6.45, 7) is 4.67. The van der Waals surface area contributed by atoms with E-state index in [0.717, 1.165) is 66.6 Å². The van der Waals surface area contributed by atoms with E-state index in [9.17, 15) is 0 Å². The van der Waals surface area contributed by atoms with Crippen LogP contribution in [0.2, 0.25) is 0 Å². The maximum atomic E-state index is 6.25. The van der Waals surface area contributed by atoms with E-state index >= 15 is 0 Å². The highest BCUT2D eigenvalue weighted by molar-refractivity contribution is 6.06. The van der Waals surface area contributed by atoms with Gasteiger partial charge in [0, 0.05) is 38.6 Å². The Kier molecular flexibility index (Phi) is 8.09. The number of nitrogens with zero attached hydrogens (tertiary/aromatic N) is 4. The zero-order valence-corrected chi connectivity index (χ0v) is 32.7. The molecule has 0 aliphatic carbocycles. The molecule has 0 radical (unpaired) electrons. The number of para-hydroxylation sites is 3. The van der Waals surface area contributed by atoms with E-state index in [1.54, 1.807) is 0 Å². The Hall–Kier alpha value is -7.63. The SMILES string of the molecule is CC1(C)c2ccccc2N(c2ccccc2)c2ccc(-c3cc(-c4ccc5oc6ccccc6c5c4)cc(-c4nc(-c5ccccc5)nc(-c5ccccc5)n4)c3)cc21. The van der Waals surface area contributed by atoms with Crippen molar-refractivity contribution in [2.45, 2.75) is 19.3 Å². The summed E-state index contributed by atoms with van der Waals surface area (Å²) >= 11 is 0. The lowest BCUT2D eigenvalue weighted by Crippen LogP contribution is -2.30. The number of benzene rings is 8. The van der Waals surface area contributed by atoms with Gasteiger partial charge < -0.3 is 9.32 Å². The number of rotatable bonds is 6. The Morgan fingerprint density at radius 1 is 0.373 bits per heavy atom. The topological polar surface area (TPSA) is 55.1 Å². The summed E-state index contributed by atoms with van der Waals surface area (Å²) in [4.78, 5) is 17.7. The fourth-order valence-electron chi connectivity index (χ4n) is 8.67. The maximum Gasteiger partial charge on any atom is 0.164 e. The molecule has 59 heavy (non-hydrogen) atoms. The molecule has 3 heterocycles. The van der Waals surface area contributed by atoms with Gasteiger partial charge in [-0.2, -0.15) is 0 Å². The van der Waals surface area contributed by atoms with Gasteiger partial charge in [0.2, 0.25) is 0 Å². The average Bonchev–Trinajstić information content (AvgIpc) is 3.68. The zero-order valence-electron chi connectivity index (χ0n) is 32.7. The van der Waals surface area contributed by atoms with Gasteiger partial charge in [-0.15, -0.1) is 0 Å². The normalized spacial score (nSPS) is 13.0. The first kappa shape index (κ1) is 34.6. The number of aromatic nitrogens is 3. The predicted molar refractivity (Wildman–Crippen MR) is 241 cm³/mol.